The SMILES string of the molecule is CC.CC.[CH2-]CC1(C[CH2-])CCCN(Cc2ccc(C(=O)NC)cc2F)C1.[Y]. The zero-order valence-electron chi connectivity index (χ0n) is 17.9. The molecule has 153 valence electrons. The molecule has 1 N–H and O–H groups in total. The zero-order chi connectivity index (χ0) is 20.2. The molecule has 0 spiro atoms. The molecule has 1 fully saturated rings. The van der Waals surface area contributed by atoms with Crippen LogP contribution in [0.15, 0.2) is 18.2 Å². The summed E-state index contributed by atoms with van der Waals surface area (Å²) in [6, 6.07) is 4.70. The smallest absolute Gasteiger partial charge is 0.251 e. The van der Waals surface area contributed by atoms with Crippen LogP contribution < -0.4 is 5.32 Å². The van der Waals surface area contributed by atoms with Gasteiger partial charge < -0.3 is 19.2 Å². The van der Waals surface area contributed by atoms with Gasteiger partial charge in [-0.2, -0.15) is 12.8 Å². The molecule has 1 heterocycles. The van der Waals surface area contributed by atoms with Gasteiger partial charge in [-0.25, -0.2) is 4.39 Å². The van der Waals surface area contributed by atoms with E-state index in [9.17, 15) is 9.18 Å². The average molecular weight is 453 g/mol. The Hall–Kier alpha value is -0.316. The van der Waals surface area contributed by atoms with Crippen LogP contribution in [-0.4, -0.2) is 30.9 Å². The predicted molar refractivity (Wildman–Crippen MR) is 109 cm³/mol. The van der Waals surface area contributed by atoms with E-state index < -0.39 is 0 Å². The van der Waals surface area contributed by atoms with Gasteiger partial charge in [0.05, 0.1) is 0 Å². The van der Waals surface area contributed by atoms with Crippen molar-refractivity contribution in [2.75, 3.05) is 20.1 Å². The van der Waals surface area contributed by atoms with Gasteiger partial charge in [-0.15, -0.1) is 0 Å². The molecule has 1 saturated heterocycles. The van der Waals surface area contributed by atoms with E-state index in [-0.39, 0.29) is 49.8 Å². The fraction of sp³-hybridized carbons (Fsp3) is 0.591. The van der Waals surface area contributed by atoms with Crippen LogP contribution in [0.25, 0.3) is 0 Å². The zero-order valence-corrected chi connectivity index (χ0v) is 20.7. The minimum atomic E-state index is -0.318. The quantitative estimate of drug-likeness (QED) is 0.617. The Morgan fingerprint density at radius 3 is 2.30 bits per heavy atom. The number of piperidine rings is 1. The molecular weight excluding hydrogens is 416 g/mol. The summed E-state index contributed by atoms with van der Waals surface area (Å²) in [5.41, 5.74) is 1.15. The Morgan fingerprint density at radius 2 is 1.81 bits per heavy atom. The second-order valence-corrected chi connectivity index (χ2v) is 6.20. The summed E-state index contributed by atoms with van der Waals surface area (Å²) in [6.07, 6.45) is 3.98. The van der Waals surface area contributed by atoms with Crippen molar-refractivity contribution >= 4 is 5.91 Å². The van der Waals surface area contributed by atoms with E-state index in [2.05, 4.69) is 24.1 Å². The summed E-state index contributed by atoms with van der Waals surface area (Å²) >= 11 is 0. The van der Waals surface area contributed by atoms with Gasteiger partial charge in [-0.05, 0) is 31.6 Å². The van der Waals surface area contributed by atoms with E-state index in [4.69, 9.17) is 0 Å². The second kappa shape index (κ2) is 15.6. The fourth-order valence-corrected chi connectivity index (χ4v) is 3.18. The third-order valence-corrected chi connectivity index (χ3v) is 4.74. The Bertz CT molecular complexity index is 533. The standard InChI is InChI=1S/C18H25FN2O.2C2H6.Y/c1-4-18(5-2)9-6-10-21(13-18)12-15-8-7-14(11-16(15)19)17(22)20-3;2*1-2;/h7-8,11H,1-2,4-6,9-10,12-13H2,3H3,(H,20,22);2*1-2H3;/q-2;;;. The molecule has 1 aromatic carbocycles. The Kier molecular flexibility index (Phi) is 16.7. The maximum absolute atomic E-state index is 14.2. The second-order valence-electron chi connectivity index (χ2n) is 6.20. The molecule has 1 aromatic rings. The van der Waals surface area contributed by atoms with E-state index in [0.717, 1.165) is 38.8 Å². The van der Waals surface area contributed by atoms with Gasteiger partial charge in [0.15, 0.2) is 0 Å². The first-order valence-electron chi connectivity index (χ1n) is 9.85. The summed E-state index contributed by atoms with van der Waals surface area (Å²) in [5, 5.41) is 2.51. The van der Waals surface area contributed by atoms with Crippen molar-refractivity contribution in [3.63, 3.8) is 0 Å². The molecule has 0 saturated carbocycles. The molecule has 1 amide bonds. The summed E-state index contributed by atoms with van der Waals surface area (Å²) in [5.74, 6) is -0.585. The summed E-state index contributed by atoms with van der Waals surface area (Å²) in [6.45, 7) is 18.6. The van der Waals surface area contributed by atoms with Gasteiger partial charge in [0, 0.05) is 57.4 Å². The molecule has 0 bridgehead atoms. The number of nitrogens with one attached hydrogen (secondary N) is 1. The summed E-state index contributed by atoms with van der Waals surface area (Å²) < 4.78 is 14.2. The van der Waals surface area contributed by atoms with Gasteiger partial charge in [0.1, 0.15) is 5.82 Å². The molecule has 0 aromatic heterocycles. The fourth-order valence-electron chi connectivity index (χ4n) is 3.18. The van der Waals surface area contributed by atoms with Crippen molar-refractivity contribution in [1.29, 1.82) is 0 Å². The van der Waals surface area contributed by atoms with Crippen molar-refractivity contribution in [2.45, 2.75) is 59.9 Å². The number of halogens is 1. The summed E-state index contributed by atoms with van der Waals surface area (Å²) in [4.78, 5) is 13.8. The predicted octanol–water partition coefficient (Wildman–Crippen LogP) is 5.27. The molecule has 3 nitrogen and oxygen atoms in total. The first kappa shape index (κ1) is 28.9. The van der Waals surface area contributed by atoms with Crippen LogP contribution >= 0.6 is 0 Å². The van der Waals surface area contributed by atoms with E-state index in [0.29, 0.717) is 17.7 Å². The molecule has 1 aliphatic rings. The molecule has 0 unspecified atom stereocenters. The minimum absolute atomic E-state index is 0. The van der Waals surface area contributed by atoms with Crippen LogP contribution in [0, 0.1) is 25.1 Å². The maximum atomic E-state index is 14.2. The molecule has 2 rings (SSSR count). The third kappa shape index (κ3) is 8.70. The van der Waals surface area contributed by atoms with Gasteiger partial charge in [-0.1, -0.05) is 45.6 Å². The van der Waals surface area contributed by atoms with Gasteiger partial charge in [0.25, 0.3) is 5.91 Å². The largest absolute Gasteiger partial charge is 0.355 e. The number of hydrogen-bond acceptors (Lipinski definition) is 2. The van der Waals surface area contributed by atoms with Crippen molar-refractivity contribution in [2.24, 2.45) is 5.41 Å². The van der Waals surface area contributed by atoms with Crippen LogP contribution in [-0.2, 0) is 39.3 Å². The number of likely N-dealkylation sites (tertiary alicyclic amines) is 1. The monoisotopic (exact) mass is 453 g/mol. The Labute approximate surface area is 191 Å². The van der Waals surface area contributed by atoms with Crippen molar-refractivity contribution in [3.05, 3.63) is 49.0 Å². The number of hydrogen-bond donors (Lipinski definition) is 1. The van der Waals surface area contributed by atoms with E-state index >= 15 is 0 Å². The number of carbonyl (C=O) groups excluding carboxylic acids is 1. The van der Waals surface area contributed by atoms with Crippen molar-refractivity contribution in [1.82, 2.24) is 10.2 Å². The topological polar surface area (TPSA) is 32.3 Å². The van der Waals surface area contributed by atoms with Gasteiger partial charge in [-0.3, -0.25) is 9.69 Å². The molecule has 27 heavy (non-hydrogen) atoms. The number of carbonyl (C=O) groups is 1. The summed E-state index contributed by atoms with van der Waals surface area (Å²) in [7, 11) is 1.54. The van der Waals surface area contributed by atoms with E-state index in [1.807, 2.05) is 27.7 Å². The van der Waals surface area contributed by atoms with Crippen molar-refractivity contribution < 1.29 is 41.9 Å². The third-order valence-electron chi connectivity index (χ3n) is 4.74. The molecule has 0 atom stereocenters. The molecule has 1 radical (unpaired) electrons. The van der Waals surface area contributed by atoms with Crippen LogP contribution in [0.1, 0.15) is 69.3 Å². The van der Waals surface area contributed by atoms with Crippen LogP contribution in [0.3, 0.4) is 0 Å². The van der Waals surface area contributed by atoms with Gasteiger partial charge >= 0.3 is 0 Å². The van der Waals surface area contributed by atoms with E-state index in [1.165, 1.54) is 6.07 Å². The number of benzene rings is 1. The van der Waals surface area contributed by atoms with Crippen LogP contribution in [0.2, 0.25) is 0 Å². The normalized spacial score (nSPS) is 15.3. The first-order chi connectivity index (χ1) is 12.5. The molecule has 5 heteroatoms. The van der Waals surface area contributed by atoms with Crippen LogP contribution in [0.4, 0.5) is 4.39 Å². The Morgan fingerprint density at radius 1 is 1.22 bits per heavy atom. The van der Waals surface area contributed by atoms with E-state index in [1.54, 1.807) is 19.2 Å². The van der Waals surface area contributed by atoms with Crippen LogP contribution in [0.5, 0.6) is 0 Å². The van der Waals surface area contributed by atoms with Crippen molar-refractivity contribution in [3.8, 4) is 0 Å². The maximum Gasteiger partial charge on any atom is 0.251 e. The Balaban J connectivity index is 0. The minimum Gasteiger partial charge on any atom is -0.355 e. The average Bonchev–Trinajstić information content (AvgIpc) is 2.72. The molecular formula is C22H37FN2OY-2. The molecule has 0 aliphatic carbocycles. The number of amides is 1. The first-order valence-corrected chi connectivity index (χ1v) is 9.85. The van der Waals surface area contributed by atoms with Gasteiger partial charge in [0.2, 0.25) is 0 Å². The number of nitrogens with zero attached hydrogens (tertiary/aromatic N) is 1. The number of rotatable bonds is 5. The molecule has 1 aliphatic heterocycles.